The molecule has 0 fully saturated rings. The minimum absolute atomic E-state index is 0.183. The molecule has 0 atom stereocenters. The third kappa shape index (κ3) is 5.66. The van der Waals surface area contributed by atoms with E-state index in [0.717, 1.165) is 22.4 Å². The van der Waals surface area contributed by atoms with Crippen molar-refractivity contribution in [3.8, 4) is 23.0 Å². The average Bonchev–Trinajstić information content (AvgIpc) is 2.77. The Labute approximate surface area is 182 Å². The zero-order chi connectivity index (χ0) is 21.3. The van der Waals surface area contributed by atoms with E-state index in [1.54, 1.807) is 24.3 Å². The van der Waals surface area contributed by atoms with Crippen molar-refractivity contribution in [2.75, 3.05) is 11.9 Å². The summed E-state index contributed by atoms with van der Waals surface area (Å²) >= 11 is 5.37. The van der Waals surface area contributed by atoms with Gasteiger partial charge in [0.1, 0.15) is 6.61 Å². The number of hydrogen-bond donors (Lipinski definition) is 1. The van der Waals surface area contributed by atoms with Gasteiger partial charge < -0.3 is 10.1 Å². The molecule has 3 nitrogen and oxygen atoms in total. The van der Waals surface area contributed by atoms with Gasteiger partial charge in [-0.25, -0.2) is 4.79 Å². The van der Waals surface area contributed by atoms with Crippen LogP contribution < -0.4 is 5.32 Å². The van der Waals surface area contributed by atoms with E-state index in [1.165, 1.54) is 11.6 Å². The first-order valence-electron chi connectivity index (χ1n) is 9.44. The summed E-state index contributed by atoms with van der Waals surface area (Å²) in [6.07, 6.45) is 1.53. The van der Waals surface area contributed by atoms with Gasteiger partial charge in [-0.05, 0) is 54.3 Å². The Morgan fingerprint density at radius 3 is 2.47 bits per heavy atom. The molecule has 148 valence electrons. The molecule has 3 aromatic rings. The first-order valence-corrected chi connectivity index (χ1v) is 9.85. The third-order valence-corrected chi connectivity index (χ3v) is 4.52. The van der Waals surface area contributed by atoms with Crippen LogP contribution in [-0.4, -0.2) is 17.6 Å². The monoisotopic (exact) mass is 411 g/mol. The number of carbonyl (C=O) groups is 1. The van der Waals surface area contributed by atoms with E-state index in [1.807, 2.05) is 18.2 Å². The number of aryl methyl sites for hydroxylation is 1. The van der Waals surface area contributed by atoms with Crippen molar-refractivity contribution in [2.45, 2.75) is 6.92 Å². The van der Waals surface area contributed by atoms with E-state index in [0.29, 0.717) is 10.6 Å². The van der Waals surface area contributed by atoms with Crippen LogP contribution in [0, 0.1) is 18.8 Å². The fourth-order valence-electron chi connectivity index (χ4n) is 2.77. The lowest BCUT2D eigenvalue weighted by atomic mass is 9.99. The predicted octanol–water partition coefficient (Wildman–Crippen LogP) is 5.80. The highest BCUT2D eigenvalue weighted by molar-refractivity contribution is 7.81. The van der Waals surface area contributed by atoms with E-state index >= 15 is 0 Å². The molecule has 4 heteroatoms. The molecule has 0 aliphatic heterocycles. The molecule has 0 aliphatic rings. The van der Waals surface area contributed by atoms with Crippen LogP contribution in [0.15, 0.2) is 85.5 Å². The first kappa shape index (κ1) is 21.0. The molecular formula is C26H21NO2S. The van der Waals surface area contributed by atoms with E-state index in [-0.39, 0.29) is 6.61 Å². The Bertz CT molecular complexity index is 1120. The summed E-state index contributed by atoms with van der Waals surface area (Å²) in [5.74, 6) is 5.77. The minimum Gasteiger partial charge on any atom is -0.458 e. The maximum Gasteiger partial charge on any atom is 0.338 e. The summed E-state index contributed by atoms with van der Waals surface area (Å²) in [5, 5.41) is 3.08. The van der Waals surface area contributed by atoms with Crippen LogP contribution in [0.3, 0.4) is 0 Å². The summed E-state index contributed by atoms with van der Waals surface area (Å²) in [4.78, 5) is 12.2. The van der Waals surface area contributed by atoms with Gasteiger partial charge in [0.2, 0.25) is 0 Å². The van der Waals surface area contributed by atoms with Crippen molar-refractivity contribution < 1.29 is 9.53 Å². The second-order valence-corrected chi connectivity index (χ2v) is 6.99. The maximum atomic E-state index is 11.8. The van der Waals surface area contributed by atoms with Gasteiger partial charge in [0.25, 0.3) is 0 Å². The fourth-order valence-corrected chi connectivity index (χ4v) is 2.94. The number of thiocarbonyl (C=S) groups is 1. The summed E-state index contributed by atoms with van der Waals surface area (Å²) in [7, 11) is 0. The van der Waals surface area contributed by atoms with Gasteiger partial charge in [0, 0.05) is 11.3 Å². The number of anilines is 1. The molecule has 0 aromatic heterocycles. The van der Waals surface area contributed by atoms with E-state index in [9.17, 15) is 4.79 Å². The number of rotatable bonds is 5. The molecule has 3 aromatic carbocycles. The SMILES string of the molecule is C=CCOC(=O)c1ccc(NC(=S)C#Cc2ccccc2-c2ccc(C)cc2)cc1. The van der Waals surface area contributed by atoms with Crippen LogP contribution in [0.5, 0.6) is 0 Å². The van der Waals surface area contributed by atoms with Crippen molar-refractivity contribution >= 4 is 28.9 Å². The van der Waals surface area contributed by atoms with Gasteiger partial charge in [-0.1, -0.05) is 78.8 Å². The highest BCUT2D eigenvalue weighted by Gasteiger charge is 2.06. The Morgan fingerprint density at radius 1 is 1.07 bits per heavy atom. The number of hydrogen-bond acceptors (Lipinski definition) is 3. The quantitative estimate of drug-likeness (QED) is 0.249. The van der Waals surface area contributed by atoms with E-state index in [4.69, 9.17) is 17.0 Å². The molecule has 0 saturated carbocycles. The smallest absolute Gasteiger partial charge is 0.338 e. The zero-order valence-electron chi connectivity index (χ0n) is 16.6. The lowest BCUT2D eigenvalue weighted by Gasteiger charge is -2.06. The molecule has 0 radical (unpaired) electrons. The Balaban J connectivity index is 1.70. The van der Waals surface area contributed by atoms with Crippen LogP contribution in [0.25, 0.3) is 11.1 Å². The van der Waals surface area contributed by atoms with Gasteiger partial charge in [-0.15, -0.1) is 0 Å². The molecule has 0 unspecified atom stereocenters. The molecule has 0 aliphatic carbocycles. The first-order chi connectivity index (χ1) is 14.6. The van der Waals surface area contributed by atoms with Crippen molar-refractivity contribution in [3.63, 3.8) is 0 Å². The van der Waals surface area contributed by atoms with E-state index in [2.05, 4.69) is 61.0 Å². The minimum atomic E-state index is -0.392. The lowest BCUT2D eigenvalue weighted by molar-refractivity contribution is 0.0550. The highest BCUT2D eigenvalue weighted by Crippen LogP contribution is 2.23. The molecule has 3 rings (SSSR count). The molecule has 0 heterocycles. The second-order valence-electron chi connectivity index (χ2n) is 6.58. The van der Waals surface area contributed by atoms with Crippen LogP contribution in [0.2, 0.25) is 0 Å². The largest absolute Gasteiger partial charge is 0.458 e. The molecule has 1 N–H and O–H groups in total. The second kappa shape index (κ2) is 10.2. The van der Waals surface area contributed by atoms with Crippen LogP contribution >= 0.6 is 12.2 Å². The average molecular weight is 412 g/mol. The van der Waals surface area contributed by atoms with Crippen LogP contribution in [0.4, 0.5) is 5.69 Å². The van der Waals surface area contributed by atoms with Gasteiger partial charge in [-0.2, -0.15) is 0 Å². The van der Waals surface area contributed by atoms with Gasteiger partial charge in [0.05, 0.1) is 5.56 Å². The molecule has 0 spiro atoms. The topological polar surface area (TPSA) is 38.3 Å². The molecule has 0 amide bonds. The summed E-state index contributed by atoms with van der Waals surface area (Å²) in [6.45, 7) is 5.77. The summed E-state index contributed by atoms with van der Waals surface area (Å²) < 4.78 is 5.01. The Morgan fingerprint density at radius 2 is 1.77 bits per heavy atom. The Hall–Kier alpha value is -3.68. The predicted molar refractivity (Wildman–Crippen MR) is 127 cm³/mol. The summed E-state index contributed by atoms with van der Waals surface area (Å²) in [5.41, 5.74) is 5.52. The number of esters is 1. The van der Waals surface area contributed by atoms with Crippen molar-refractivity contribution in [1.29, 1.82) is 0 Å². The number of benzene rings is 3. The zero-order valence-corrected chi connectivity index (χ0v) is 17.5. The normalized spacial score (nSPS) is 9.77. The lowest BCUT2D eigenvalue weighted by Crippen LogP contribution is -2.08. The van der Waals surface area contributed by atoms with Crippen LogP contribution in [0.1, 0.15) is 21.5 Å². The highest BCUT2D eigenvalue weighted by atomic mass is 32.1. The number of ether oxygens (including phenoxy) is 1. The van der Waals surface area contributed by atoms with Crippen molar-refractivity contribution in [3.05, 3.63) is 102 Å². The van der Waals surface area contributed by atoms with Gasteiger partial charge in [0.15, 0.2) is 4.99 Å². The molecule has 0 bridgehead atoms. The maximum absolute atomic E-state index is 11.8. The molecule has 0 saturated heterocycles. The van der Waals surface area contributed by atoms with Crippen molar-refractivity contribution in [2.24, 2.45) is 0 Å². The number of carbonyl (C=O) groups excluding carboxylic acids is 1. The van der Waals surface area contributed by atoms with Gasteiger partial charge >= 0.3 is 5.97 Å². The third-order valence-electron chi connectivity index (χ3n) is 4.31. The summed E-state index contributed by atoms with van der Waals surface area (Å²) in [6, 6.07) is 23.2. The van der Waals surface area contributed by atoms with Crippen LogP contribution in [-0.2, 0) is 4.74 Å². The molecule has 30 heavy (non-hydrogen) atoms. The van der Waals surface area contributed by atoms with Gasteiger partial charge in [-0.3, -0.25) is 0 Å². The standard InChI is InChI=1S/C26H21NO2S/c1-3-18-29-26(28)22-12-15-23(16-13-22)27-25(30)17-14-20-6-4-5-7-24(20)21-10-8-19(2)9-11-21/h3-13,15-16H,1,18H2,2H3,(H,27,30). The number of nitrogens with one attached hydrogen (secondary N) is 1. The Kier molecular flexibility index (Phi) is 7.15. The molecular weight excluding hydrogens is 390 g/mol. The van der Waals surface area contributed by atoms with E-state index < -0.39 is 5.97 Å². The fraction of sp³-hybridized carbons (Fsp3) is 0.0769. The van der Waals surface area contributed by atoms with Crippen molar-refractivity contribution in [1.82, 2.24) is 0 Å².